The minimum atomic E-state index is -2.54. The van der Waals surface area contributed by atoms with Gasteiger partial charge in [-0.3, -0.25) is 0 Å². The van der Waals surface area contributed by atoms with E-state index in [2.05, 4.69) is 0 Å². The fourth-order valence-electron chi connectivity index (χ4n) is 3.11. The molecule has 0 fully saturated rings. The smallest absolute Gasteiger partial charge is 0.350 e. The van der Waals surface area contributed by atoms with Crippen molar-refractivity contribution in [2.24, 2.45) is 0 Å². The van der Waals surface area contributed by atoms with Crippen molar-refractivity contribution in [3.05, 3.63) is 28.3 Å². The number of alkyl halides is 2. The van der Waals surface area contributed by atoms with E-state index in [9.17, 15) is 13.6 Å². The van der Waals surface area contributed by atoms with Crippen molar-refractivity contribution in [3.8, 4) is 11.5 Å². The number of rotatable bonds is 3. The number of thioether (sulfide) groups is 1. The maximum Gasteiger partial charge on any atom is 0.350 e. The number of benzene rings is 1. The number of hydrogen-bond acceptors (Lipinski definition) is 6. The predicted molar refractivity (Wildman–Crippen MR) is 84.7 cm³/mol. The van der Waals surface area contributed by atoms with Gasteiger partial charge in [-0.25, -0.2) is 13.6 Å². The van der Waals surface area contributed by atoms with Crippen LogP contribution in [0.2, 0.25) is 0 Å². The van der Waals surface area contributed by atoms with Gasteiger partial charge in [0.15, 0.2) is 11.2 Å². The van der Waals surface area contributed by atoms with E-state index in [1.54, 1.807) is 6.07 Å². The summed E-state index contributed by atoms with van der Waals surface area (Å²) in [5, 5.41) is 0.126. The summed E-state index contributed by atoms with van der Waals surface area (Å²) in [6.07, 6.45) is -1.02. The maximum absolute atomic E-state index is 13.1. The summed E-state index contributed by atoms with van der Waals surface area (Å²) in [6.45, 7) is 0. The average Bonchev–Trinajstić information content (AvgIpc) is 3.20. The van der Waals surface area contributed by atoms with Crippen LogP contribution in [0.3, 0.4) is 0 Å². The molecule has 1 aromatic carbocycles. The second-order valence-corrected chi connectivity index (χ2v) is 6.58. The van der Waals surface area contributed by atoms with Crippen LogP contribution in [0.1, 0.15) is 5.56 Å². The maximum atomic E-state index is 13.1. The van der Waals surface area contributed by atoms with E-state index in [0.29, 0.717) is 27.7 Å². The Morgan fingerprint density at radius 3 is 2.67 bits per heavy atom. The predicted octanol–water partition coefficient (Wildman–Crippen LogP) is 3.84. The van der Waals surface area contributed by atoms with Gasteiger partial charge in [-0.05, 0) is 18.1 Å². The van der Waals surface area contributed by atoms with Crippen LogP contribution in [-0.4, -0.2) is 25.9 Å². The molecule has 0 bridgehead atoms. The molecule has 8 heteroatoms. The normalized spacial score (nSPS) is 17.0. The highest BCUT2D eigenvalue weighted by molar-refractivity contribution is 8.00. The van der Waals surface area contributed by atoms with Gasteiger partial charge >= 0.3 is 5.63 Å². The zero-order valence-electron chi connectivity index (χ0n) is 12.7. The quantitative estimate of drug-likeness (QED) is 0.666. The molecule has 1 aliphatic heterocycles. The molecule has 5 nitrogen and oxygen atoms in total. The molecule has 2 aromatic heterocycles. The summed E-state index contributed by atoms with van der Waals surface area (Å²) >= 11 is 0.850. The van der Waals surface area contributed by atoms with Crippen molar-refractivity contribution in [2.75, 3.05) is 14.2 Å². The Morgan fingerprint density at radius 1 is 1.25 bits per heavy atom. The van der Waals surface area contributed by atoms with E-state index >= 15 is 0 Å². The first kappa shape index (κ1) is 15.3. The number of hydrogen-bond donors (Lipinski definition) is 0. The summed E-state index contributed by atoms with van der Waals surface area (Å²) in [4.78, 5) is 12.5. The average molecular weight is 354 g/mol. The first-order chi connectivity index (χ1) is 11.6. The van der Waals surface area contributed by atoms with E-state index in [-0.39, 0.29) is 22.6 Å². The lowest BCUT2D eigenvalue weighted by molar-refractivity contribution is 0.146. The third-order valence-corrected chi connectivity index (χ3v) is 5.42. The Hall–Kier alpha value is -2.22. The van der Waals surface area contributed by atoms with Crippen LogP contribution in [0.4, 0.5) is 8.78 Å². The molecular formula is C16H12F2O5S. The Bertz CT molecular complexity index is 1010. The molecule has 4 rings (SSSR count). The van der Waals surface area contributed by atoms with Crippen LogP contribution in [0.15, 0.2) is 30.9 Å². The molecule has 0 aliphatic carbocycles. The molecule has 3 aromatic rings. The molecule has 1 aliphatic rings. The van der Waals surface area contributed by atoms with Crippen LogP contribution >= 0.6 is 11.8 Å². The standard InChI is InChI=1S/C16H12F2O5S/c1-20-10-6-3-4-22-11(6)13(21-2)12-9(10)7-5-8(15(17)18)24-14(7)16(19)23-12/h3-4,8,15H,5H2,1-2H3. The monoisotopic (exact) mass is 354 g/mol. The van der Waals surface area contributed by atoms with Crippen molar-refractivity contribution in [3.63, 3.8) is 0 Å². The Kier molecular flexibility index (Phi) is 3.45. The van der Waals surface area contributed by atoms with Crippen molar-refractivity contribution < 1.29 is 27.1 Å². The Morgan fingerprint density at radius 2 is 2.00 bits per heavy atom. The zero-order chi connectivity index (χ0) is 17.0. The zero-order valence-corrected chi connectivity index (χ0v) is 13.5. The van der Waals surface area contributed by atoms with Crippen LogP contribution < -0.4 is 15.1 Å². The van der Waals surface area contributed by atoms with Crippen molar-refractivity contribution in [1.82, 2.24) is 0 Å². The molecule has 0 amide bonds. The van der Waals surface area contributed by atoms with Gasteiger partial charge in [0.1, 0.15) is 5.75 Å². The van der Waals surface area contributed by atoms with E-state index in [1.807, 2.05) is 0 Å². The van der Waals surface area contributed by atoms with E-state index < -0.39 is 17.3 Å². The topological polar surface area (TPSA) is 61.8 Å². The highest BCUT2D eigenvalue weighted by atomic mass is 32.2. The number of furan rings is 1. The van der Waals surface area contributed by atoms with Gasteiger partial charge in [0.25, 0.3) is 6.43 Å². The molecule has 24 heavy (non-hydrogen) atoms. The van der Waals surface area contributed by atoms with Crippen LogP contribution in [0.5, 0.6) is 11.5 Å². The third-order valence-electron chi connectivity index (χ3n) is 4.10. The fourth-order valence-corrected chi connectivity index (χ4v) is 4.23. The van der Waals surface area contributed by atoms with Crippen molar-refractivity contribution in [1.29, 1.82) is 0 Å². The highest BCUT2D eigenvalue weighted by Gasteiger charge is 2.36. The molecule has 0 N–H and O–H groups in total. The second-order valence-electron chi connectivity index (χ2n) is 5.33. The lowest BCUT2D eigenvalue weighted by Crippen LogP contribution is -2.12. The van der Waals surface area contributed by atoms with E-state index in [0.717, 1.165) is 11.8 Å². The van der Waals surface area contributed by atoms with Crippen molar-refractivity contribution in [2.45, 2.75) is 23.0 Å². The minimum Gasteiger partial charge on any atom is -0.495 e. The molecule has 0 saturated carbocycles. The SMILES string of the molecule is COc1c2occc2c(OC)c2c3c(c(=O)oc12)SC(C(F)F)C3. The first-order valence-electron chi connectivity index (χ1n) is 7.12. The summed E-state index contributed by atoms with van der Waals surface area (Å²) in [6, 6.07) is 1.69. The number of methoxy groups -OCH3 is 2. The second kappa shape index (κ2) is 5.41. The molecule has 126 valence electrons. The Balaban J connectivity index is 2.17. The fraction of sp³-hybridized carbons (Fsp3) is 0.312. The molecule has 3 heterocycles. The summed E-state index contributed by atoms with van der Waals surface area (Å²) in [7, 11) is 2.89. The van der Waals surface area contributed by atoms with Gasteiger partial charge in [-0.15, -0.1) is 11.8 Å². The lowest BCUT2D eigenvalue weighted by Gasteiger charge is -2.12. The molecule has 0 radical (unpaired) electrons. The molecule has 1 unspecified atom stereocenters. The molecular weight excluding hydrogens is 342 g/mol. The summed E-state index contributed by atoms with van der Waals surface area (Å²) in [5.41, 5.74) is 0.379. The van der Waals surface area contributed by atoms with Gasteiger partial charge in [0.05, 0.1) is 41.4 Å². The summed E-state index contributed by atoms with van der Waals surface area (Å²) in [5.74, 6) is 0.668. The molecule has 0 spiro atoms. The lowest BCUT2D eigenvalue weighted by atomic mass is 10.0. The van der Waals surface area contributed by atoms with Gasteiger partial charge in [-0.2, -0.15) is 0 Å². The van der Waals surface area contributed by atoms with Crippen molar-refractivity contribution >= 4 is 33.7 Å². The first-order valence-corrected chi connectivity index (χ1v) is 8.00. The van der Waals surface area contributed by atoms with Gasteiger partial charge in [0.2, 0.25) is 5.75 Å². The highest BCUT2D eigenvalue weighted by Crippen LogP contribution is 2.49. The van der Waals surface area contributed by atoms with E-state index in [1.165, 1.54) is 20.5 Å². The van der Waals surface area contributed by atoms with Gasteiger partial charge in [0, 0.05) is 0 Å². The molecule has 1 atom stereocenters. The van der Waals surface area contributed by atoms with Crippen LogP contribution in [-0.2, 0) is 6.42 Å². The van der Waals surface area contributed by atoms with E-state index in [4.69, 9.17) is 18.3 Å². The number of halogens is 2. The van der Waals surface area contributed by atoms with Crippen LogP contribution in [0, 0.1) is 0 Å². The summed E-state index contributed by atoms with van der Waals surface area (Å²) < 4.78 is 47.9. The third kappa shape index (κ3) is 1.95. The number of ether oxygens (including phenoxy) is 2. The number of fused-ring (bicyclic) bond motifs is 4. The van der Waals surface area contributed by atoms with Gasteiger partial charge in [-0.1, -0.05) is 0 Å². The minimum absolute atomic E-state index is 0.0582. The largest absolute Gasteiger partial charge is 0.495 e. The Labute approximate surface area is 138 Å². The van der Waals surface area contributed by atoms with Gasteiger partial charge < -0.3 is 18.3 Å². The molecule has 0 saturated heterocycles. The van der Waals surface area contributed by atoms with Crippen LogP contribution in [0.25, 0.3) is 21.9 Å².